The Morgan fingerprint density at radius 3 is 2.28 bits per heavy atom. The minimum absolute atomic E-state index is 0.00868. The third kappa shape index (κ3) is 7.18. The summed E-state index contributed by atoms with van der Waals surface area (Å²) in [6, 6.07) is 3.65. The molecule has 7 nitrogen and oxygen atoms in total. The van der Waals surface area contributed by atoms with E-state index in [1.54, 1.807) is 6.92 Å². The van der Waals surface area contributed by atoms with Crippen LogP contribution in [-0.2, 0) is 19.6 Å². The highest BCUT2D eigenvalue weighted by molar-refractivity contribution is 7.89. The first-order chi connectivity index (χ1) is 11.7. The lowest BCUT2D eigenvalue weighted by Crippen LogP contribution is -2.47. The summed E-state index contributed by atoms with van der Waals surface area (Å²) < 4.78 is 39.0. The third-order valence-electron chi connectivity index (χ3n) is 3.54. The molecule has 0 spiro atoms. The van der Waals surface area contributed by atoms with E-state index in [0.717, 1.165) is 30.7 Å². The molecule has 0 radical (unpaired) electrons. The van der Waals surface area contributed by atoms with E-state index in [9.17, 15) is 22.4 Å². The fourth-order valence-corrected chi connectivity index (χ4v) is 2.88. The second kappa shape index (κ2) is 9.47. The minimum atomic E-state index is -3.81. The van der Waals surface area contributed by atoms with E-state index in [1.807, 2.05) is 13.8 Å². The molecule has 2 amide bonds. The molecule has 0 aliphatic heterocycles. The van der Waals surface area contributed by atoms with E-state index >= 15 is 0 Å². The van der Waals surface area contributed by atoms with Crippen LogP contribution < -0.4 is 15.4 Å². The summed E-state index contributed by atoms with van der Waals surface area (Å²) >= 11 is 0. The van der Waals surface area contributed by atoms with Crippen molar-refractivity contribution in [3.05, 3.63) is 30.1 Å². The summed E-state index contributed by atoms with van der Waals surface area (Å²) in [5.41, 5.74) is 0. The summed E-state index contributed by atoms with van der Waals surface area (Å²) in [6.07, 6.45) is 0.652. The number of hydrogen-bond acceptors (Lipinski definition) is 4. The number of rotatable bonds is 9. The van der Waals surface area contributed by atoms with Gasteiger partial charge in [0, 0.05) is 19.0 Å². The molecule has 140 valence electrons. The Bertz CT molecular complexity index is 692. The van der Waals surface area contributed by atoms with Gasteiger partial charge in [0.2, 0.25) is 21.8 Å². The zero-order valence-corrected chi connectivity index (χ0v) is 15.3. The average Bonchev–Trinajstić information content (AvgIpc) is 2.54. The molecule has 0 fully saturated rings. The number of sulfonamides is 1. The van der Waals surface area contributed by atoms with Crippen molar-refractivity contribution in [3.8, 4) is 0 Å². The number of amides is 2. The highest BCUT2D eigenvalue weighted by atomic mass is 32.2. The van der Waals surface area contributed by atoms with Gasteiger partial charge >= 0.3 is 0 Å². The molecule has 2 unspecified atom stereocenters. The van der Waals surface area contributed by atoms with Gasteiger partial charge in [0.15, 0.2) is 0 Å². The van der Waals surface area contributed by atoms with Gasteiger partial charge < -0.3 is 10.6 Å². The Morgan fingerprint density at radius 1 is 1.12 bits per heavy atom. The van der Waals surface area contributed by atoms with Gasteiger partial charge in [0.1, 0.15) is 11.9 Å². The van der Waals surface area contributed by atoms with Crippen molar-refractivity contribution in [2.75, 3.05) is 6.54 Å². The van der Waals surface area contributed by atoms with E-state index in [1.165, 1.54) is 0 Å². The number of carbonyl (C=O) groups is 2. The molecule has 1 aromatic carbocycles. The third-order valence-corrected chi connectivity index (χ3v) is 5.02. The molecule has 0 aliphatic rings. The normalized spacial score (nSPS) is 13.8. The smallest absolute Gasteiger partial charge is 0.242 e. The standard InChI is InChI=1S/C16H24FN3O4S/c1-4-11(2)19-16(22)12(3)20-15(21)9-10-18-25(23,24)14-7-5-13(17)6-8-14/h5-8,11-12,18H,4,9-10H2,1-3H3,(H,19,22)(H,20,21). The summed E-state index contributed by atoms with van der Waals surface area (Å²) in [6.45, 7) is 5.21. The molecule has 0 saturated heterocycles. The fraction of sp³-hybridized carbons (Fsp3) is 0.500. The van der Waals surface area contributed by atoms with Crippen molar-refractivity contribution in [2.45, 2.75) is 50.6 Å². The summed E-state index contributed by atoms with van der Waals surface area (Å²) in [5, 5.41) is 5.25. The summed E-state index contributed by atoms with van der Waals surface area (Å²) in [4.78, 5) is 23.5. The zero-order valence-electron chi connectivity index (χ0n) is 14.5. The molecule has 0 bridgehead atoms. The van der Waals surface area contributed by atoms with E-state index < -0.39 is 27.8 Å². The van der Waals surface area contributed by atoms with E-state index in [-0.39, 0.29) is 29.8 Å². The largest absolute Gasteiger partial charge is 0.352 e. The van der Waals surface area contributed by atoms with Gasteiger partial charge in [-0.1, -0.05) is 6.92 Å². The van der Waals surface area contributed by atoms with E-state index in [4.69, 9.17) is 0 Å². The first-order valence-corrected chi connectivity index (χ1v) is 9.49. The highest BCUT2D eigenvalue weighted by Gasteiger charge is 2.18. The van der Waals surface area contributed by atoms with Gasteiger partial charge in [-0.05, 0) is 44.5 Å². The van der Waals surface area contributed by atoms with Gasteiger partial charge in [-0.15, -0.1) is 0 Å². The Hall–Kier alpha value is -2.00. The van der Waals surface area contributed by atoms with Crippen LogP contribution in [0.3, 0.4) is 0 Å². The molecule has 0 aromatic heterocycles. The van der Waals surface area contributed by atoms with Crippen molar-refractivity contribution in [3.63, 3.8) is 0 Å². The van der Waals surface area contributed by atoms with E-state index in [0.29, 0.717) is 0 Å². The maximum Gasteiger partial charge on any atom is 0.242 e. The van der Waals surface area contributed by atoms with Crippen molar-refractivity contribution >= 4 is 21.8 Å². The lowest BCUT2D eigenvalue weighted by molar-refractivity contribution is -0.128. The van der Waals surface area contributed by atoms with Crippen molar-refractivity contribution in [2.24, 2.45) is 0 Å². The van der Waals surface area contributed by atoms with Crippen molar-refractivity contribution in [1.82, 2.24) is 15.4 Å². The van der Waals surface area contributed by atoms with Gasteiger partial charge in [0.25, 0.3) is 0 Å². The number of halogens is 1. The lowest BCUT2D eigenvalue weighted by Gasteiger charge is -2.17. The second-order valence-electron chi connectivity index (χ2n) is 5.71. The molecular formula is C16H24FN3O4S. The Labute approximate surface area is 147 Å². The van der Waals surface area contributed by atoms with Crippen LogP contribution in [0.5, 0.6) is 0 Å². The van der Waals surface area contributed by atoms with Gasteiger partial charge in [0.05, 0.1) is 4.90 Å². The maximum atomic E-state index is 12.8. The number of hydrogen-bond donors (Lipinski definition) is 3. The van der Waals surface area contributed by atoms with Crippen LogP contribution in [0.15, 0.2) is 29.2 Å². The Morgan fingerprint density at radius 2 is 1.72 bits per heavy atom. The molecule has 25 heavy (non-hydrogen) atoms. The molecule has 0 aliphatic carbocycles. The summed E-state index contributed by atoms with van der Waals surface area (Å²) in [5.74, 6) is -1.29. The molecular weight excluding hydrogens is 349 g/mol. The first kappa shape index (κ1) is 21.0. The molecule has 2 atom stereocenters. The van der Waals surface area contributed by atoms with Crippen LogP contribution in [0.4, 0.5) is 4.39 Å². The Balaban J connectivity index is 2.43. The maximum absolute atomic E-state index is 12.8. The van der Waals surface area contributed by atoms with E-state index in [2.05, 4.69) is 15.4 Å². The fourth-order valence-electron chi connectivity index (χ4n) is 1.85. The molecule has 9 heteroatoms. The van der Waals surface area contributed by atoms with Gasteiger partial charge in [-0.2, -0.15) is 0 Å². The molecule has 0 saturated carbocycles. The monoisotopic (exact) mass is 373 g/mol. The van der Waals surface area contributed by atoms with Gasteiger partial charge in [-0.25, -0.2) is 17.5 Å². The average molecular weight is 373 g/mol. The predicted octanol–water partition coefficient (Wildman–Crippen LogP) is 0.914. The SMILES string of the molecule is CCC(C)NC(=O)C(C)NC(=O)CCNS(=O)(=O)c1ccc(F)cc1. The van der Waals surface area contributed by atoms with Crippen LogP contribution in [-0.4, -0.2) is 38.9 Å². The number of benzene rings is 1. The minimum Gasteiger partial charge on any atom is -0.352 e. The first-order valence-electron chi connectivity index (χ1n) is 8.00. The van der Waals surface area contributed by atoms with Crippen LogP contribution in [0.2, 0.25) is 0 Å². The quantitative estimate of drug-likeness (QED) is 0.598. The lowest BCUT2D eigenvalue weighted by atomic mass is 10.2. The number of nitrogens with one attached hydrogen (secondary N) is 3. The molecule has 0 heterocycles. The highest BCUT2D eigenvalue weighted by Crippen LogP contribution is 2.09. The molecule has 1 aromatic rings. The van der Waals surface area contributed by atoms with Gasteiger partial charge in [-0.3, -0.25) is 9.59 Å². The zero-order chi connectivity index (χ0) is 19.0. The molecule has 1 rings (SSSR count). The number of carbonyl (C=O) groups excluding carboxylic acids is 2. The van der Waals surface area contributed by atoms with Crippen LogP contribution in [0.1, 0.15) is 33.6 Å². The van der Waals surface area contributed by atoms with Crippen LogP contribution >= 0.6 is 0 Å². The van der Waals surface area contributed by atoms with Crippen molar-refractivity contribution in [1.29, 1.82) is 0 Å². The van der Waals surface area contributed by atoms with Crippen LogP contribution in [0.25, 0.3) is 0 Å². The Kier molecular flexibility index (Phi) is 7.98. The topological polar surface area (TPSA) is 104 Å². The summed E-state index contributed by atoms with van der Waals surface area (Å²) in [7, 11) is -3.81. The molecule has 3 N–H and O–H groups in total. The second-order valence-corrected chi connectivity index (χ2v) is 7.48. The van der Waals surface area contributed by atoms with Crippen LogP contribution in [0, 0.1) is 5.82 Å². The van der Waals surface area contributed by atoms with Crippen molar-refractivity contribution < 1.29 is 22.4 Å². The predicted molar refractivity (Wildman–Crippen MR) is 91.7 cm³/mol.